The highest BCUT2D eigenvalue weighted by molar-refractivity contribution is 6.02. The largest absolute Gasteiger partial charge is 0.354 e. The Balaban J connectivity index is 1.66. The summed E-state index contributed by atoms with van der Waals surface area (Å²) in [7, 11) is 0. The minimum atomic E-state index is -0.362. The number of benzene rings is 2. The zero-order valence-electron chi connectivity index (χ0n) is 16.8. The van der Waals surface area contributed by atoms with Crippen molar-refractivity contribution in [1.29, 1.82) is 0 Å². The van der Waals surface area contributed by atoms with E-state index in [1.165, 1.54) is 23.5 Å². The number of rotatable bonds is 6. The second-order valence-corrected chi connectivity index (χ2v) is 7.50. The van der Waals surface area contributed by atoms with Crippen molar-refractivity contribution < 1.29 is 14.0 Å². The van der Waals surface area contributed by atoms with Crippen LogP contribution in [0.2, 0.25) is 0 Å². The standard InChI is InChI=1S/C23H28FN3O2/c1-17-7-5-6-10-21(17)26-23(29)27(20-13-11-19(24)12-14-20)16-15-25-22(28)18-8-3-2-4-9-18/h5-7,10-14,18H,2-4,8-9,15-16H2,1H3,(H,25,28)(H,26,29). The van der Waals surface area contributed by atoms with E-state index in [1.807, 2.05) is 31.2 Å². The van der Waals surface area contributed by atoms with Crippen LogP contribution in [0.15, 0.2) is 48.5 Å². The number of halogens is 1. The van der Waals surface area contributed by atoms with E-state index < -0.39 is 0 Å². The molecule has 0 spiro atoms. The number of amides is 3. The molecule has 0 radical (unpaired) electrons. The topological polar surface area (TPSA) is 61.4 Å². The van der Waals surface area contributed by atoms with Crippen LogP contribution < -0.4 is 15.5 Å². The Kier molecular flexibility index (Phi) is 7.22. The second kappa shape index (κ2) is 10.0. The van der Waals surface area contributed by atoms with E-state index in [2.05, 4.69) is 10.6 Å². The van der Waals surface area contributed by atoms with Gasteiger partial charge in [-0.2, -0.15) is 0 Å². The van der Waals surface area contributed by atoms with Crippen molar-refractivity contribution in [2.24, 2.45) is 5.92 Å². The highest BCUT2D eigenvalue weighted by atomic mass is 19.1. The van der Waals surface area contributed by atoms with Crippen molar-refractivity contribution in [3.63, 3.8) is 0 Å². The molecule has 154 valence electrons. The van der Waals surface area contributed by atoms with Crippen molar-refractivity contribution in [2.45, 2.75) is 39.0 Å². The predicted molar refractivity (Wildman–Crippen MR) is 114 cm³/mol. The van der Waals surface area contributed by atoms with Gasteiger partial charge in [-0.05, 0) is 55.7 Å². The lowest BCUT2D eigenvalue weighted by molar-refractivity contribution is -0.125. The van der Waals surface area contributed by atoms with Gasteiger partial charge in [0.05, 0.1) is 0 Å². The average molecular weight is 397 g/mol. The number of nitrogens with zero attached hydrogens (tertiary/aromatic N) is 1. The summed E-state index contributed by atoms with van der Waals surface area (Å²) in [6.45, 7) is 2.55. The lowest BCUT2D eigenvalue weighted by atomic mass is 9.89. The van der Waals surface area contributed by atoms with Crippen LogP contribution in [0.25, 0.3) is 0 Å². The van der Waals surface area contributed by atoms with Gasteiger partial charge >= 0.3 is 6.03 Å². The summed E-state index contributed by atoms with van der Waals surface area (Å²) >= 11 is 0. The number of nitrogens with one attached hydrogen (secondary N) is 2. The summed E-state index contributed by atoms with van der Waals surface area (Å²) in [5.74, 6) is -0.231. The number of hydrogen-bond acceptors (Lipinski definition) is 2. The highest BCUT2D eigenvalue weighted by Crippen LogP contribution is 2.23. The van der Waals surface area contributed by atoms with Crippen molar-refractivity contribution in [3.05, 3.63) is 59.9 Å². The van der Waals surface area contributed by atoms with Crippen molar-refractivity contribution in [1.82, 2.24) is 5.32 Å². The van der Waals surface area contributed by atoms with Crippen LogP contribution in [0, 0.1) is 18.7 Å². The molecule has 6 heteroatoms. The van der Waals surface area contributed by atoms with Crippen LogP contribution in [0.5, 0.6) is 0 Å². The average Bonchev–Trinajstić information content (AvgIpc) is 2.74. The van der Waals surface area contributed by atoms with Crippen molar-refractivity contribution >= 4 is 23.3 Å². The molecule has 2 N–H and O–H groups in total. The molecule has 1 fully saturated rings. The molecule has 0 saturated heterocycles. The molecule has 0 aliphatic heterocycles. The summed E-state index contributed by atoms with van der Waals surface area (Å²) in [5, 5.41) is 5.86. The first kappa shape index (κ1) is 20.8. The molecule has 3 amide bonds. The molecule has 0 bridgehead atoms. The van der Waals surface area contributed by atoms with Gasteiger partial charge in [0, 0.05) is 30.4 Å². The smallest absolute Gasteiger partial charge is 0.326 e. The van der Waals surface area contributed by atoms with Crippen LogP contribution in [-0.2, 0) is 4.79 Å². The number of anilines is 2. The Morgan fingerprint density at radius 2 is 1.72 bits per heavy atom. The quantitative estimate of drug-likeness (QED) is 0.731. The lowest BCUT2D eigenvalue weighted by Crippen LogP contribution is -2.42. The van der Waals surface area contributed by atoms with Gasteiger partial charge in [0.2, 0.25) is 5.91 Å². The maximum atomic E-state index is 13.3. The van der Waals surface area contributed by atoms with Crippen molar-refractivity contribution in [2.75, 3.05) is 23.3 Å². The van der Waals surface area contributed by atoms with E-state index in [4.69, 9.17) is 0 Å². The predicted octanol–water partition coefficient (Wildman–Crippen LogP) is 4.87. The SMILES string of the molecule is Cc1ccccc1NC(=O)N(CCNC(=O)C1CCCCC1)c1ccc(F)cc1. The molecule has 3 rings (SSSR count). The Labute approximate surface area is 171 Å². The third-order valence-electron chi connectivity index (χ3n) is 5.38. The molecule has 5 nitrogen and oxygen atoms in total. The zero-order valence-corrected chi connectivity index (χ0v) is 16.8. The molecule has 0 heterocycles. The minimum Gasteiger partial charge on any atom is -0.354 e. The monoisotopic (exact) mass is 397 g/mol. The van der Waals surface area contributed by atoms with Crippen LogP contribution in [0.1, 0.15) is 37.7 Å². The molecular formula is C23H28FN3O2. The number of urea groups is 1. The summed E-state index contributed by atoms with van der Waals surface area (Å²) in [6.07, 6.45) is 5.25. The molecular weight excluding hydrogens is 369 g/mol. The molecule has 0 atom stereocenters. The maximum Gasteiger partial charge on any atom is 0.326 e. The first-order chi connectivity index (χ1) is 14.0. The molecule has 0 aromatic heterocycles. The molecule has 29 heavy (non-hydrogen) atoms. The Bertz CT molecular complexity index is 832. The van der Waals surface area contributed by atoms with Gasteiger partial charge in [0.1, 0.15) is 5.82 Å². The number of aryl methyl sites for hydroxylation is 1. The molecule has 1 aliphatic carbocycles. The molecule has 1 saturated carbocycles. The minimum absolute atomic E-state index is 0.0584. The van der Waals surface area contributed by atoms with E-state index in [0.717, 1.165) is 36.9 Å². The Morgan fingerprint density at radius 1 is 1.03 bits per heavy atom. The fourth-order valence-corrected chi connectivity index (χ4v) is 3.66. The van der Waals surface area contributed by atoms with E-state index in [-0.39, 0.29) is 23.7 Å². The molecule has 1 aliphatic rings. The second-order valence-electron chi connectivity index (χ2n) is 7.50. The van der Waals surface area contributed by atoms with Crippen LogP contribution in [-0.4, -0.2) is 25.0 Å². The zero-order chi connectivity index (χ0) is 20.6. The summed E-state index contributed by atoms with van der Waals surface area (Å²) < 4.78 is 13.3. The third-order valence-corrected chi connectivity index (χ3v) is 5.38. The van der Waals surface area contributed by atoms with Gasteiger partial charge in [0.25, 0.3) is 0 Å². The molecule has 2 aromatic carbocycles. The number of carbonyl (C=O) groups excluding carboxylic acids is 2. The summed E-state index contributed by atoms with van der Waals surface area (Å²) in [6, 6.07) is 13.0. The van der Waals surface area contributed by atoms with Crippen LogP contribution in [0.4, 0.5) is 20.6 Å². The van der Waals surface area contributed by atoms with Crippen molar-refractivity contribution in [3.8, 4) is 0 Å². The van der Waals surface area contributed by atoms with Crippen LogP contribution >= 0.6 is 0 Å². The number of hydrogen-bond donors (Lipinski definition) is 2. The maximum absolute atomic E-state index is 13.3. The van der Waals surface area contributed by atoms with E-state index in [9.17, 15) is 14.0 Å². The molecule has 0 unspecified atom stereocenters. The Hall–Kier alpha value is -2.89. The highest BCUT2D eigenvalue weighted by Gasteiger charge is 2.22. The van der Waals surface area contributed by atoms with Gasteiger partial charge in [-0.3, -0.25) is 9.69 Å². The van der Waals surface area contributed by atoms with E-state index in [1.54, 1.807) is 12.1 Å². The van der Waals surface area contributed by atoms with Gasteiger partial charge in [0.15, 0.2) is 0 Å². The first-order valence-electron chi connectivity index (χ1n) is 10.2. The Morgan fingerprint density at radius 3 is 2.41 bits per heavy atom. The van der Waals surface area contributed by atoms with Gasteiger partial charge in [-0.25, -0.2) is 9.18 Å². The fraction of sp³-hybridized carbons (Fsp3) is 0.391. The van der Waals surface area contributed by atoms with Gasteiger partial charge in [-0.15, -0.1) is 0 Å². The third kappa shape index (κ3) is 5.79. The summed E-state index contributed by atoms with van der Waals surface area (Å²) in [4.78, 5) is 26.8. The number of carbonyl (C=O) groups is 2. The van der Waals surface area contributed by atoms with E-state index >= 15 is 0 Å². The van der Waals surface area contributed by atoms with E-state index in [0.29, 0.717) is 18.8 Å². The normalized spacial score (nSPS) is 14.3. The fourth-order valence-electron chi connectivity index (χ4n) is 3.66. The number of para-hydroxylation sites is 1. The summed E-state index contributed by atoms with van der Waals surface area (Å²) in [5.41, 5.74) is 2.24. The van der Waals surface area contributed by atoms with Gasteiger partial charge < -0.3 is 10.6 Å². The van der Waals surface area contributed by atoms with Crippen LogP contribution in [0.3, 0.4) is 0 Å². The molecule has 2 aromatic rings. The van der Waals surface area contributed by atoms with Gasteiger partial charge in [-0.1, -0.05) is 37.5 Å². The lowest BCUT2D eigenvalue weighted by Gasteiger charge is -2.25. The first-order valence-corrected chi connectivity index (χ1v) is 10.2.